The second kappa shape index (κ2) is 5.35. The first-order chi connectivity index (χ1) is 8.89. The molecule has 1 aromatic carbocycles. The number of ether oxygens (including phenoxy) is 1. The van der Waals surface area contributed by atoms with E-state index in [0.29, 0.717) is 6.61 Å². The van der Waals surface area contributed by atoms with Crippen molar-refractivity contribution in [3.05, 3.63) is 35.6 Å². The normalized spacial score (nSPS) is 13.9. The van der Waals surface area contributed by atoms with E-state index in [0.717, 1.165) is 16.7 Å². The van der Waals surface area contributed by atoms with E-state index in [1.165, 1.54) is 5.56 Å². The second-order valence-electron chi connectivity index (χ2n) is 5.95. The molecule has 2 rings (SSSR count). The monoisotopic (exact) mass is 261 g/mol. The minimum atomic E-state index is -0.141. The summed E-state index contributed by atoms with van der Waals surface area (Å²) in [6.45, 7) is 8.86. The molecule has 1 unspecified atom stereocenters. The first-order valence-electron chi connectivity index (χ1n) is 6.70. The number of furan rings is 1. The first kappa shape index (κ1) is 14.1. The van der Waals surface area contributed by atoms with Crippen molar-refractivity contribution in [1.29, 1.82) is 0 Å². The van der Waals surface area contributed by atoms with Crippen molar-refractivity contribution in [3.8, 4) is 0 Å². The summed E-state index contributed by atoms with van der Waals surface area (Å²) in [5.74, 6) is 0.923. The van der Waals surface area contributed by atoms with Gasteiger partial charge in [-0.15, -0.1) is 0 Å². The predicted molar refractivity (Wildman–Crippen MR) is 78.5 cm³/mol. The van der Waals surface area contributed by atoms with Crippen LogP contribution in [0.4, 0.5) is 0 Å². The van der Waals surface area contributed by atoms with Crippen molar-refractivity contribution in [2.75, 3.05) is 13.7 Å². The fraction of sp³-hybridized carbons (Fsp3) is 0.500. The Morgan fingerprint density at radius 2 is 2.00 bits per heavy atom. The van der Waals surface area contributed by atoms with Crippen LogP contribution in [0.5, 0.6) is 0 Å². The van der Waals surface area contributed by atoms with Crippen molar-refractivity contribution < 1.29 is 9.15 Å². The molecule has 3 heteroatoms. The van der Waals surface area contributed by atoms with E-state index in [1.54, 1.807) is 0 Å². The van der Waals surface area contributed by atoms with Crippen molar-refractivity contribution in [3.63, 3.8) is 0 Å². The number of fused-ring (bicyclic) bond motifs is 1. The molecule has 104 valence electrons. The van der Waals surface area contributed by atoms with Crippen LogP contribution in [-0.4, -0.2) is 19.3 Å². The first-order valence-corrected chi connectivity index (χ1v) is 6.70. The molecule has 0 aliphatic rings. The van der Waals surface area contributed by atoms with E-state index in [1.807, 2.05) is 13.1 Å². The fourth-order valence-electron chi connectivity index (χ4n) is 2.00. The number of likely N-dealkylation sites (N-methyl/N-ethyl adjacent to an activating group) is 1. The standard InChI is InChI=1S/C16H23NO2/c1-11-6-7-14-12(8-11)9-15(19-14)13(17-5)10-18-16(2,3)4/h6-9,13,17H,10H2,1-5H3. The molecular formula is C16H23NO2. The molecule has 0 amide bonds. The van der Waals surface area contributed by atoms with Crippen LogP contribution in [0.2, 0.25) is 0 Å². The zero-order valence-corrected chi connectivity index (χ0v) is 12.4. The Balaban J connectivity index is 2.20. The van der Waals surface area contributed by atoms with E-state index in [4.69, 9.17) is 9.15 Å². The highest BCUT2D eigenvalue weighted by Gasteiger charge is 2.18. The third-order valence-electron chi connectivity index (χ3n) is 3.07. The number of rotatable bonds is 4. The van der Waals surface area contributed by atoms with E-state index in [2.05, 4.69) is 51.2 Å². The van der Waals surface area contributed by atoms with Gasteiger partial charge in [-0.05, 0) is 52.9 Å². The van der Waals surface area contributed by atoms with E-state index in [9.17, 15) is 0 Å². The minimum Gasteiger partial charge on any atom is -0.459 e. The Morgan fingerprint density at radius 1 is 1.26 bits per heavy atom. The van der Waals surface area contributed by atoms with Crippen molar-refractivity contribution >= 4 is 11.0 Å². The van der Waals surface area contributed by atoms with Crippen LogP contribution in [0.15, 0.2) is 28.7 Å². The molecule has 3 nitrogen and oxygen atoms in total. The van der Waals surface area contributed by atoms with Gasteiger partial charge in [0.15, 0.2) is 0 Å². The van der Waals surface area contributed by atoms with Crippen LogP contribution < -0.4 is 5.32 Å². The second-order valence-corrected chi connectivity index (χ2v) is 5.95. The molecule has 0 radical (unpaired) electrons. The number of aryl methyl sites for hydroxylation is 1. The van der Waals surface area contributed by atoms with Crippen molar-refractivity contribution in [1.82, 2.24) is 5.32 Å². The molecule has 0 bridgehead atoms. The highest BCUT2D eigenvalue weighted by Crippen LogP contribution is 2.25. The van der Waals surface area contributed by atoms with Gasteiger partial charge < -0.3 is 14.5 Å². The summed E-state index contributed by atoms with van der Waals surface area (Å²) in [7, 11) is 1.93. The zero-order valence-electron chi connectivity index (χ0n) is 12.4. The van der Waals surface area contributed by atoms with Crippen molar-refractivity contribution in [2.24, 2.45) is 0 Å². The van der Waals surface area contributed by atoms with Gasteiger partial charge in [-0.2, -0.15) is 0 Å². The molecule has 1 heterocycles. The maximum Gasteiger partial charge on any atom is 0.134 e. The average Bonchev–Trinajstić information content (AvgIpc) is 2.71. The number of hydrogen-bond donors (Lipinski definition) is 1. The Morgan fingerprint density at radius 3 is 2.63 bits per heavy atom. The Kier molecular flexibility index (Phi) is 3.97. The summed E-state index contributed by atoms with van der Waals surface area (Å²) in [5, 5.41) is 4.39. The predicted octanol–water partition coefficient (Wildman–Crippen LogP) is 3.82. The van der Waals surface area contributed by atoms with E-state index >= 15 is 0 Å². The molecule has 1 atom stereocenters. The molecule has 2 aromatic rings. The van der Waals surface area contributed by atoms with Gasteiger partial charge in [0.1, 0.15) is 11.3 Å². The molecule has 0 spiro atoms. The van der Waals surface area contributed by atoms with Gasteiger partial charge in [0.2, 0.25) is 0 Å². The summed E-state index contributed by atoms with van der Waals surface area (Å²) in [5.41, 5.74) is 2.03. The minimum absolute atomic E-state index is 0.0759. The fourth-order valence-corrected chi connectivity index (χ4v) is 2.00. The summed E-state index contributed by atoms with van der Waals surface area (Å²) in [6, 6.07) is 8.39. The lowest BCUT2D eigenvalue weighted by atomic mass is 10.1. The molecule has 1 aromatic heterocycles. The van der Waals surface area contributed by atoms with Gasteiger partial charge in [-0.1, -0.05) is 11.6 Å². The number of nitrogens with one attached hydrogen (secondary N) is 1. The van der Waals surface area contributed by atoms with Crippen LogP contribution in [0, 0.1) is 6.92 Å². The Hall–Kier alpha value is -1.32. The average molecular weight is 261 g/mol. The quantitative estimate of drug-likeness (QED) is 0.908. The van der Waals surface area contributed by atoms with Gasteiger partial charge in [-0.25, -0.2) is 0 Å². The SMILES string of the molecule is CNC(COC(C)(C)C)c1cc2cc(C)ccc2o1. The van der Waals surface area contributed by atoms with E-state index < -0.39 is 0 Å². The zero-order chi connectivity index (χ0) is 14.0. The summed E-state index contributed by atoms with van der Waals surface area (Å²) in [6.07, 6.45) is 0. The molecule has 0 saturated heterocycles. The molecule has 0 saturated carbocycles. The van der Waals surface area contributed by atoms with Gasteiger partial charge in [0, 0.05) is 5.39 Å². The smallest absolute Gasteiger partial charge is 0.134 e. The van der Waals surface area contributed by atoms with Crippen LogP contribution >= 0.6 is 0 Å². The van der Waals surface area contributed by atoms with Gasteiger partial charge in [-0.3, -0.25) is 0 Å². The summed E-state index contributed by atoms with van der Waals surface area (Å²) < 4.78 is 11.7. The van der Waals surface area contributed by atoms with Crippen LogP contribution in [0.25, 0.3) is 11.0 Å². The molecule has 19 heavy (non-hydrogen) atoms. The van der Waals surface area contributed by atoms with Crippen molar-refractivity contribution in [2.45, 2.75) is 39.3 Å². The summed E-state index contributed by atoms with van der Waals surface area (Å²) >= 11 is 0. The number of hydrogen-bond acceptors (Lipinski definition) is 3. The van der Waals surface area contributed by atoms with Crippen LogP contribution in [0.3, 0.4) is 0 Å². The Labute approximate surface area is 114 Å². The van der Waals surface area contributed by atoms with Crippen LogP contribution in [-0.2, 0) is 4.74 Å². The van der Waals surface area contributed by atoms with Gasteiger partial charge >= 0.3 is 0 Å². The highest BCUT2D eigenvalue weighted by molar-refractivity contribution is 5.78. The maximum absolute atomic E-state index is 5.90. The topological polar surface area (TPSA) is 34.4 Å². The van der Waals surface area contributed by atoms with Crippen LogP contribution in [0.1, 0.15) is 38.1 Å². The molecular weight excluding hydrogens is 238 g/mol. The van der Waals surface area contributed by atoms with E-state index in [-0.39, 0.29) is 11.6 Å². The van der Waals surface area contributed by atoms with Gasteiger partial charge in [0.25, 0.3) is 0 Å². The highest BCUT2D eigenvalue weighted by atomic mass is 16.5. The van der Waals surface area contributed by atoms with Gasteiger partial charge in [0.05, 0.1) is 18.2 Å². The molecule has 0 fully saturated rings. The lowest BCUT2D eigenvalue weighted by molar-refractivity contribution is -0.0161. The third kappa shape index (κ3) is 3.58. The Bertz CT molecular complexity index is 551. The third-order valence-corrected chi connectivity index (χ3v) is 3.07. The molecule has 0 aliphatic carbocycles. The maximum atomic E-state index is 5.90. The lowest BCUT2D eigenvalue weighted by Crippen LogP contribution is -2.28. The summed E-state index contributed by atoms with van der Waals surface area (Å²) in [4.78, 5) is 0. The number of benzene rings is 1. The molecule has 1 N–H and O–H groups in total. The lowest BCUT2D eigenvalue weighted by Gasteiger charge is -2.23. The molecule has 0 aliphatic heterocycles. The largest absolute Gasteiger partial charge is 0.459 e.